The van der Waals surface area contributed by atoms with Crippen molar-refractivity contribution in [3.05, 3.63) is 35.9 Å². The van der Waals surface area contributed by atoms with E-state index >= 15 is 0 Å². The molecule has 0 unspecified atom stereocenters. The zero-order valence-corrected chi connectivity index (χ0v) is 9.48. The molecule has 0 amide bonds. The molecule has 0 aromatic heterocycles. The molecule has 16 heavy (non-hydrogen) atoms. The minimum atomic E-state index is -0.607. The van der Waals surface area contributed by atoms with Crippen LogP contribution in [-0.4, -0.2) is 16.5 Å². The zero-order valence-electron chi connectivity index (χ0n) is 9.48. The minimum Gasteiger partial charge on any atom is -0.390 e. The fraction of sp³-hybridized carbons (Fsp3) is 0.500. The molecule has 0 heterocycles. The number of ketones is 1. The lowest BCUT2D eigenvalue weighted by Gasteiger charge is -2.31. The van der Waals surface area contributed by atoms with Crippen molar-refractivity contribution < 1.29 is 9.90 Å². The molecular formula is C14H18O2. The standard InChI is InChI=1S/C14H18O2/c15-13-7-10-14(16,11-8-13)9-6-12-4-2-1-3-5-12/h1-5,16H,6-11H2. The molecule has 1 saturated carbocycles. The van der Waals surface area contributed by atoms with Gasteiger partial charge in [-0.3, -0.25) is 4.79 Å². The Morgan fingerprint density at radius 3 is 2.38 bits per heavy atom. The Bertz CT molecular complexity index is 346. The van der Waals surface area contributed by atoms with Crippen LogP contribution in [0.2, 0.25) is 0 Å². The molecule has 0 aliphatic heterocycles. The van der Waals surface area contributed by atoms with Crippen molar-refractivity contribution in [3.8, 4) is 0 Å². The van der Waals surface area contributed by atoms with Crippen LogP contribution in [0, 0.1) is 0 Å². The van der Waals surface area contributed by atoms with Crippen molar-refractivity contribution in [1.82, 2.24) is 0 Å². The second-order valence-corrected chi connectivity index (χ2v) is 4.75. The van der Waals surface area contributed by atoms with Gasteiger partial charge < -0.3 is 5.11 Å². The number of carbonyl (C=O) groups excluding carboxylic acids is 1. The summed E-state index contributed by atoms with van der Waals surface area (Å²) in [4.78, 5) is 11.1. The zero-order chi connectivity index (χ0) is 11.4. The number of rotatable bonds is 3. The Morgan fingerprint density at radius 2 is 1.75 bits per heavy atom. The van der Waals surface area contributed by atoms with Crippen LogP contribution in [0.15, 0.2) is 30.3 Å². The predicted octanol–water partition coefficient (Wildman–Crippen LogP) is 2.49. The topological polar surface area (TPSA) is 37.3 Å². The van der Waals surface area contributed by atoms with Crippen LogP contribution in [0.3, 0.4) is 0 Å². The van der Waals surface area contributed by atoms with Crippen molar-refractivity contribution in [2.75, 3.05) is 0 Å². The summed E-state index contributed by atoms with van der Waals surface area (Å²) in [6, 6.07) is 10.2. The molecule has 0 saturated heterocycles. The van der Waals surface area contributed by atoms with E-state index in [4.69, 9.17) is 0 Å². The van der Waals surface area contributed by atoms with E-state index in [0.29, 0.717) is 31.5 Å². The van der Waals surface area contributed by atoms with Crippen LogP contribution in [0.1, 0.15) is 37.7 Å². The van der Waals surface area contributed by atoms with E-state index in [9.17, 15) is 9.90 Å². The number of hydrogen-bond donors (Lipinski definition) is 1. The molecule has 2 rings (SSSR count). The number of aryl methyl sites for hydroxylation is 1. The average molecular weight is 218 g/mol. The van der Waals surface area contributed by atoms with E-state index in [-0.39, 0.29) is 0 Å². The summed E-state index contributed by atoms with van der Waals surface area (Å²) in [5, 5.41) is 10.3. The lowest BCUT2D eigenvalue weighted by molar-refractivity contribution is -0.125. The van der Waals surface area contributed by atoms with Crippen molar-refractivity contribution in [2.45, 2.75) is 44.1 Å². The molecule has 1 aromatic carbocycles. The van der Waals surface area contributed by atoms with Crippen LogP contribution in [0.25, 0.3) is 0 Å². The SMILES string of the molecule is O=C1CCC(O)(CCc2ccccc2)CC1. The second kappa shape index (κ2) is 4.79. The maximum Gasteiger partial charge on any atom is 0.133 e. The number of benzene rings is 1. The average Bonchev–Trinajstić information content (AvgIpc) is 2.33. The predicted molar refractivity (Wildman–Crippen MR) is 63.2 cm³/mol. The molecule has 0 bridgehead atoms. The van der Waals surface area contributed by atoms with Crippen LogP contribution < -0.4 is 0 Å². The molecule has 2 heteroatoms. The number of hydrogen-bond acceptors (Lipinski definition) is 2. The molecule has 1 aromatic rings. The first kappa shape index (κ1) is 11.3. The van der Waals surface area contributed by atoms with Crippen molar-refractivity contribution in [3.63, 3.8) is 0 Å². The quantitative estimate of drug-likeness (QED) is 0.846. The molecule has 0 radical (unpaired) electrons. The molecule has 0 atom stereocenters. The lowest BCUT2D eigenvalue weighted by Crippen LogP contribution is -2.34. The summed E-state index contributed by atoms with van der Waals surface area (Å²) in [6.07, 6.45) is 4.03. The highest BCUT2D eigenvalue weighted by molar-refractivity contribution is 5.79. The first-order valence-corrected chi connectivity index (χ1v) is 5.96. The van der Waals surface area contributed by atoms with E-state index in [0.717, 1.165) is 12.8 Å². The molecule has 2 nitrogen and oxygen atoms in total. The van der Waals surface area contributed by atoms with Gasteiger partial charge >= 0.3 is 0 Å². The third kappa shape index (κ3) is 2.92. The van der Waals surface area contributed by atoms with E-state index in [1.54, 1.807) is 0 Å². The van der Waals surface area contributed by atoms with Crippen LogP contribution in [0.4, 0.5) is 0 Å². The second-order valence-electron chi connectivity index (χ2n) is 4.75. The molecule has 86 valence electrons. The smallest absolute Gasteiger partial charge is 0.133 e. The molecule has 0 spiro atoms. The third-order valence-electron chi connectivity index (χ3n) is 3.46. The van der Waals surface area contributed by atoms with Gasteiger partial charge in [0.25, 0.3) is 0 Å². The van der Waals surface area contributed by atoms with Crippen molar-refractivity contribution in [2.24, 2.45) is 0 Å². The van der Waals surface area contributed by atoms with Gasteiger partial charge in [-0.15, -0.1) is 0 Å². The van der Waals surface area contributed by atoms with Crippen molar-refractivity contribution in [1.29, 1.82) is 0 Å². The van der Waals surface area contributed by atoms with Gasteiger partial charge in [0.2, 0.25) is 0 Å². The molecule has 1 aliphatic rings. The highest BCUT2D eigenvalue weighted by Crippen LogP contribution is 2.30. The fourth-order valence-electron chi connectivity index (χ4n) is 2.27. The largest absolute Gasteiger partial charge is 0.390 e. The highest BCUT2D eigenvalue weighted by atomic mass is 16.3. The van der Waals surface area contributed by atoms with Gasteiger partial charge in [0, 0.05) is 12.8 Å². The Morgan fingerprint density at radius 1 is 1.12 bits per heavy atom. The summed E-state index contributed by atoms with van der Waals surface area (Å²) in [5.74, 6) is 0.296. The van der Waals surface area contributed by atoms with E-state index in [1.165, 1.54) is 5.56 Å². The Labute approximate surface area is 96.3 Å². The molecule has 1 N–H and O–H groups in total. The minimum absolute atomic E-state index is 0.296. The van der Waals surface area contributed by atoms with Gasteiger partial charge in [-0.25, -0.2) is 0 Å². The maximum absolute atomic E-state index is 11.1. The van der Waals surface area contributed by atoms with Crippen LogP contribution in [0.5, 0.6) is 0 Å². The van der Waals surface area contributed by atoms with Gasteiger partial charge in [-0.05, 0) is 31.2 Å². The summed E-state index contributed by atoms with van der Waals surface area (Å²) >= 11 is 0. The fourth-order valence-corrected chi connectivity index (χ4v) is 2.27. The monoisotopic (exact) mass is 218 g/mol. The van der Waals surface area contributed by atoms with Gasteiger partial charge in [0.1, 0.15) is 5.78 Å². The summed E-state index contributed by atoms with van der Waals surface area (Å²) < 4.78 is 0. The van der Waals surface area contributed by atoms with E-state index in [1.807, 2.05) is 18.2 Å². The van der Waals surface area contributed by atoms with E-state index < -0.39 is 5.60 Å². The third-order valence-corrected chi connectivity index (χ3v) is 3.46. The summed E-state index contributed by atoms with van der Waals surface area (Å²) in [5.41, 5.74) is 0.650. The Kier molecular flexibility index (Phi) is 3.39. The van der Waals surface area contributed by atoms with Gasteiger partial charge in [-0.1, -0.05) is 30.3 Å². The van der Waals surface area contributed by atoms with E-state index in [2.05, 4.69) is 12.1 Å². The van der Waals surface area contributed by atoms with Crippen LogP contribution in [-0.2, 0) is 11.2 Å². The maximum atomic E-state index is 11.1. The molecule has 1 fully saturated rings. The van der Waals surface area contributed by atoms with Crippen molar-refractivity contribution >= 4 is 5.78 Å². The van der Waals surface area contributed by atoms with Crippen LogP contribution >= 0.6 is 0 Å². The number of Topliss-reactive ketones (excluding diaryl/α,β-unsaturated/α-hetero) is 1. The van der Waals surface area contributed by atoms with Gasteiger partial charge in [0.15, 0.2) is 0 Å². The number of carbonyl (C=O) groups is 1. The molecule has 1 aliphatic carbocycles. The van der Waals surface area contributed by atoms with Gasteiger partial charge in [0.05, 0.1) is 5.60 Å². The number of aliphatic hydroxyl groups is 1. The molecular weight excluding hydrogens is 200 g/mol. The lowest BCUT2D eigenvalue weighted by atomic mass is 9.80. The first-order chi connectivity index (χ1) is 7.68. The Balaban J connectivity index is 1.88. The first-order valence-electron chi connectivity index (χ1n) is 5.96. The summed E-state index contributed by atoms with van der Waals surface area (Å²) in [7, 11) is 0. The normalized spacial score (nSPS) is 19.7. The Hall–Kier alpha value is -1.15. The van der Waals surface area contributed by atoms with Gasteiger partial charge in [-0.2, -0.15) is 0 Å². The highest BCUT2D eigenvalue weighted by Gasteiger charge is 2.31. The summed E-state index contributed by atoms with van der Waals surface area (Å²) in [6.45, 7) is 0.